The topological polar surface area (TPSA) is 72.8 Å². The van der Waals surface area contributed by atoms with Crippen LogP contribution in [0.1, 0.15) is 19.8 Å². The lowest BCUT2D eigenvalue weighted by Crippen LogP contribution is -2.44. The van der Waals surface area contributed by atoms with Gasteiger partial charge in [0.15, 0.2) is 0 Å². The van der Waals surface area contributed by atoms with Crippen LogP contribution in [0.2, 0.25) is 0 Å². The number of aliphatic hydroxyl groups is 1. The first-order valence-electron chi connectivity index (χ1n) is 5.94. The quantitative estimate of drug-likeness (QED) is 0.732. The largest absolute Gasteiger partial charge is 0.396 e. The molecule has 0 amide bonds. The molecule has 0 aromatic carbocycles. The zero-order valence-electron chi connectivity index (χ0n) is 10.0. The van der Waals surface area contributed by atoms with Crippen LogP contribution in [-0.2, 0) is 19.0 Å². The van der Waals surface area contributed by atoms with Crippen LogP contribution in [-0.4, -0.2) is 45.2 Å². The highest BCUT2D eigenvalue weighted by atomic mass is 32.2. The van der Waals surface area contributed by atoms with Crippen molar-refractivity contribution in [3.63, 3.8) is 0 Å². The summed E-state index contributed by atoms with van der Waals surface area (Å²) in [4.78, 5) is 0. The van der Waals surface area contributed by atoms with E-state index in [4.69, 9.17) is 8.92 Å². The molecule has 2 saturated carbocycles. The first-order chi connectivity index (χ1) is 7.92. The molecule has 2 bridgehead atoms. The molecule has 3 aliphatic rings. The Morgan fingerprint density at radius 2 is 2.24 bits per heavy atom. The number of ether oxygens (including phenoxy) is 1. The molecule has 0 aromatic heterocycles. The Labute approximate surface area is 101 Å². The number of methoxy groups -OCH3 is 1. The van der Waals surface area contributed by atoms with Crippen LogP contribution in [0.3, 0.4) is 0 Å². The van der Waals surface area contributed by atoms with E-state index in [-0.39, 0.29) is 24.0 Å². The zero-order chi connectivity index (χ0) is 12.5. The highest BCUT2D eigenvalue weighted by Gasteiger charge is 2.76. The van der Waals surface area contributed by atoms with Gasteiger partial charge in [0.2, 0.25) is 0 Å². The molecule has 5 unspecified atom stereocenters. The van der Waals surface area contributed by atoms with Gasteiger partial charge in [0.25, 0.3) is 10.1 Å². The second kappa shape index (κ2) is 3.23. The third-order valence-corrected chi connectivity index (χ3v) is 7.02. The van der Waals surface area contributed by atoms with Gasteiger partial charge in [0.1, 0.15) is 0 Å². The second-order valence-electron chi connectivity index (χ2n) is 5.85. The summed E-state index contributed by atoms with van der Waals surface area (Å²) in [6.45, 7) is 2.41. The number of rotatable bonds is 3. The van der Waals surface area contributed by atoms with Crippen molar-refractivity contribution < 1.29 is 22.4 Å². The van der Waals surface area contributed by atoms with Crippen molar-refractivity contribution in [3.8, 4) is 0 Å². The van der Waals surface area contributed by atoms with Crippen LogP contribution in [0, 0.1) is 16.7 Å². The van der Waals surface area contributed by atoms with Crippen LogP contribution in [0.5, 0.6) is 0 Å². The first kappa shape index (κ1) is 11.9. The van der Waals surface area contributed by atoms with Crippen molar-refractivity contribution in [2.75, 3.05) is 20.3 Å². The van der Waals surface area contributed by atoms with Crippen LogP contribution >= 0.6 is 0 Å². The van der Waals surface area contributed by atoms with Gasteiger partial charge in [0.05, 0.1) is 18.0 Å². The van der Waals surface area contributed by atoms with Crippen LogP contribution in [0.25, 0.3) is 0 Å². The van der Waals surface area contributed by atoms with Gasteiger partial charge >= 0.3 is 0 Å². The fraction of sp³-hybridized carbons (Fsp3) is 1.00. The van der Waals surface area contributed by atoms with Gasteiger partial charge in [-0.25, -0.2) is 0 Å². The smallest absolute Gasteiger partial charge is 0.271 e. The molecule has 0 spiro atoms. The number of hydrogen-bond donors (Lipinski definition) is 1. The average molecular weight is 262 g/mol. The Hall–Kier alpha value is -0.170. The van der Waals surface area contributed by atoms with Crippen molar-refractivity contribution >= 4 is 10.1 Å². The average Bonchev–Trinajstić information content (AvgIpc) is 2.76. The van der Waals surface area contributed by atoms with Crippen molar-refractivity contribution in [1.82, 2.24) is 0 Å². The highest BCUT2D eigenvalue weighted by molar-refractivity contribution is 7.87. The highest BCUT2D eigenvalue weighted by Crippen LogP contribution is 2.70. The Kier molecular flexibility index (Phi) is 2.26. The summed E-state index contributed by atoms with van der Waals surface area (Å²) in [5, 5.41) is 9.14. The Bertz CT molecular complexity index is 447. The summed E-state index contributed by atoms with van der Waals surface area (Å²) in [5.41, 5.74) is -0.729. The van der Waals surface area contributed by atoms with Gasteiger partial charge in [-0.2, -0.15) is 8.42 Å². The van der Waals surface area contributed by atoms with Gasteiger partial charge < -0.3 is 9.84 Å². The fourth-order valence-electron chi connectivity index (χ4n) is 4.40. The maximum atomic E-state index is 12.0. The normalized spacial score (nSPS) is 54.4. The molecule has 1 heterocycles. The summed E-state index contributed by atoms with van der Waals surface area (Å²) in [5.74, 6) is 0.0659. The number of hydrogen-bond acceptors (Lipinski definition) is 5. The van der Waals surface area contributed by atoms with E-state index in [0.29, 0.717) is 19.4 Å². The molecule has 3 fully saturated rings. The van der Waals surface area contributed by atoms with Gasteiger partial charge in [-0.05, 0) is 18.8 Å². The zero-order valence-corrected chi connectivity index (χ0v) is 10.9. The molecule has 2 aliphatic carbocycles. The third-order valence-electron chi connectivity index (χ3n) is 5.22. The second-order valence-corrected chi connectivity index (χ2v) is 7.60. The van der Waals surface area contributed by atoms with Crippen molar-refractivity contribution in [2.45, 2.75) is 31.1 Å². The van der Waals surface area contributed by atoms with Crippen LogP contribution in [0.4, 0.5) is 0 Å². The van der Waals surface area contributed by atoms with E-state index in [2.05, 4.69) is 0 Å². The molecule has 5 atom stereocenters. The summed E-state index contributed by atoms with van der Waals surface area (Å²) >= 11 is 0. The molecular formula is C11H18O5S. The molecule has 1 N–H and O–H groups in total. The van der Waals surface area contributed by atoms with E-state index in [1.807, 2.05) is 6.92 Å². The molecular weight excluding hydrogens is 244 g/mol. The van der Waals surface area contributed by atoms with Crippen molar-refractivity contribution in [3.05, 3.63) is 0 Å². The molecule has 6 heteroatoms. The molecule has 0 aromatic rings. The Morgan fingerprint density at radius 1 is 1.53 bits per heavy atom. The lowest BCUT2D eigenvalue weighted by atomic mass is 9.73. The summed E-state index contributed by atoms with van der Waals surface area (Å²) in [6.07, 6.45) is 0.880. The predicted molar refractivity (Wildman–Crippen MR) is 59.8 cm³/mol. The maximum absolute atomic E-state index is 12.0. The third kappa shape index (κ3) is 1.17. The number of fused-ring (bicyclic) bond motifs is 1. The minimum Gasteiger partial charge on any atom is -0.396 e. The molecule has 5 nitrogen and oxygen atoms in total. The number of aliphatic hydroxyl groups excluding tert-OH is 1. The standard InChI is InChI=1S/C11H18O5S/c1-7-9-11(6-15-2)4-10(7,5-12)3-8(11)17(13,14)16-9/h7-9,12H,3-6H2,1-2H3. The van der Waals surface area contributed by atoms with E-state index in [0.717, 1.165) is 0 Å². The minimum absolute atomic E-state index is 0.0332. The lowest BCUT2D eigenvalue weighted by molar-refractivity contribution is -0.0000795. The molecule has 1 aliphatic heterocycles. The Morgan fingerprint density at radius 3 is 2.82 bits per heavy atom. The van der Waals surface area contributed by atoms with Crippen LogP contribution in [0.15, 0.2) is 0 Å². The summed E-state index contributed by atoms with van der Waals surface area (Å²) in [7, 11) is -1.90. The maximum Gasteiger partial charge on any atom is 0.271 e. The van der Waals surface area contributed by atoms with E-state index in [1.54, 1.807) is 7.11 Å². The molecule has 0 radical (unpaired) electrons. The van der Waals surface area contributed by atoms with Crippen LogP contribution < -0.4 is 0 Å². The molecule has 17 heavy (non-hydrogen) atoms. The van der Waals surface area contributed by atoms with Crippen molar-refractivity contribution in [2.24, 2.45) is 16.7 Å². The van der Waals surface area contributed by atoms with Gasteiger partial charge in [-0.3, -0.25) is 4.18 Å². The summed E-state index contributed by atoms with van der Waals surface area (Å²) in [6, 6.07) is 0. The van der Waals surface area contributed by atoms with Gasteiger partial charge in [0, 0.05) is 24.5 Å². The Balaban J connectivity index is 2.12. The first-order valence-corrected chi connectivity index (χ1v) is 7.41. The molecule has 3 rings (SSSR count). The monoisotopic (exact) mass is 262 g/mol. The van der Waals surface area contributed by atoms with E-state index in [9.17, 15) is 13.5 Å². The van der Waals surface area contributed by atoms with Gasteiger partial charge in [-0.1, -0.05) is 6.92 Å². The molecule has 1 saturated heterocycles. The predicted octanol–water partition coefficient (Wildman–Crippen LogP) is 0.139. The van der Waals surface area contributed by atoms with E-state index in [1.165, 1.54) is 0 Å². The molecule has 98 valence electrons. The van der Waals surface area contributed by atoms with E-state index < -0.39 is 20.8 Å². The SMILES string of the molecule is COCC12CC3(CO)CC1S(=O)(=O)OC2C3C. The van der Waals surface area contributed by atoms with Crippen molar-refractivity contribution in [1.29, 1.82) is 0 Å². The summed E-state index contributed by atoms with van der Waals surface area (Å²) < 4.78 is 34.5. The van der Waals surface area contributed by atoms with Gasteiger partial charge in [-0.15, -0.1) is 0 Å². The fourth-order valence-corrected chi connectivity index (χ4v) is 6.58. The minimum atomic E-state index is -3.48. The lowest BCUT2D eigenvalue weighted by Gasteiger charge is -2.35. The van der Waals surface area contributed by atoms with E-state index >= 15 is 0 Å².